The number of carbonyl (C=O) groups is 2. The smallest absolute Gasteiger partial charge is 0.335 e. The largest absolute Gasteiger partial charge is 0.478 e. The number of hydrogen-bond donors (Lipinski definition) is 2. The van der Waals surface area contributed by atoms with Crippen LogP contribution >= 0.6 is 0 Å². The molecule has 1 aromatic rings. The van der Waals surface area contributed by atoms with Gasteiger partial charge in [-0.05, 0) is 30.5 Å². The molecule has 0 saturated heterocycles. The van der Waals surface area contributed by atoms with Gasteiger partial charge in [-0.25, -0.2) is 4.79 Å². The van der Waals surface area contributed by atoms with Crippen LogP contribution in [0.5, 0.6) is 0 Å². The van der Waals surface area contributed by atoms with Gasteiger partial charge in [0, 0.05) is 19.4 Å². The van der Waals surface area contributed by atoms with Crippen molar-refractivity contribution in [3.05, 3.63) is 35.4 Å². The highest BCUT2D eigenvalue weighted by Crippen LogP contribution is 2.05. The zero-order valence-corrected chi connectivity index (χ0v) is 10.7. The molecule has 19 heavy (non-hydrogen) atoms. The van der Waals surface area contributed by atoms with Gasteiger partial charge in [0.15, 0.2) is 0 Å². The number of amides is 1. The number of benzene rings is 1. The van der Waals surface area contributed by atoms with E-state index in [1.54, 1.807) is 18.2 Å². The Balaban J connectivity index is 2.36. The van der Waals surface area contributed by atoms with Crippen LogP contribution in [0.1, 0.15) is 41.6 Å². The number of unbranched alkanes of at least 4 members (excludes halogenated alkanes) is 2. The van der Waals surface area contributed by atoms with E-state index in [0.29, 0.717) is 19.4 Å². The molecule has 0 heterocycles. The van der Waals surface area contributed by atoms with Crippen molar-refractivity contribution in [2.75, 3.05) is 0 Å². The number of nitrogens with one attached hydrogen (secondary N) is 1. The van der Waals surface area contributed by atoms with Crippen molar-refractivity contribution in [3.8, 4) is 12.3 Å². The lowest BCUT2D eigenvalue weighted by molar-refractivity contribution is -0.121. The first-order chi connectivity index (χ1) is 9.13. The molecule has 0 radical (unpaired) electrons. The van der Waals surface area contributed by atoms with E-state index in [-0.39, 0.29) is 11.5 Å². The zero-order chi connectivity index (χ0) is 14.1. The molecule has 0 unspecified atom stereocenters. The normalized spacial score (nSPS) is 9.63. The highest BCUT2D eigenvalue weighted by atomic mass is 16.4. The van der Waals surface area contributed by atoms with Gasteiger partial charge < -0.3 is 10.4 Å². The summed E-state index contributed by atoms with van der Waals surface area (Å²) < 4.78 is 0. The van der Waals surface area contributed by atoms with Gasteiger partial charge in [0.2, 0.25) is 5.91 Å². The van der Waals surface area contributed by atoms with E-state index in [4.69, 9.17) is 11.5 Å². The fourth-order valence-electron chi connectivity index (χ4n) is 1.62. The molecule has 0 bridgehead atoms. The zero-order valence-electron chi connectivity index (χ0n) is 10.7. The predicted octanol–water partition coefficient (Wildman–Crippen LogP) is 2.19. The monoisotopic (exact) mass is 259 g/mol. The van der Waals surface area contributed by atoms with E-state index in [1.807, 2.05) is 0 Å². The van der Waals surface area contributed by atoms with Crippen LogP contribution in [0.3, 0.4) is 0 Å². The predicted molar refractivity (Wildman–Crippen MR) is 72.5 cm³/mol. The van der Waals surface area contributed by atoms with Gasteiger partial charge in [0.05, 0.1) is 5.56 Å². The van der Waals surface area contributed by atoms with Crippen molar-refractivity contribution in [2.45, 2.75) is 32.2 Å². The molecule has 100 valence electrons. The summed E-state index contributed by atoms with van der Waals surface area (Å²) in [5, 5.41) is 11.6. The molecule has 0 aliphatic rings. The Bertz CT molecular complexity index is 488. The molecule has 0 aliphatic heterocycles. The number of carbonyl (C=O) groups excluding carboxylic acids is 1. The minimum atomic E-state index is -0.970. The second-order valence-corrected chi connectivity index (χ2v) is 4.19. The number of carboxylic acids is 1. The molecule has 0 saturated carbocycles. The fraction of sp³-hybridized carbons (Fsp3) is 0.333. The summed E-state index contributed by atoms with van der Waals surface area (Å²) in [5.74, 6) is 1.52. The molecule has 4 nitrogen and oxygen atoms in total. The third kappa shape index (κ3) is 5.73. The summed E-state index contributed by atoms with van der Waals surface area (Å²) in [6.45, 7) is 0.342. The lowest BCUT2D eigenvalue weighted by Crippen LogP contribution is -2.22. The molecule has 0 atom stereocenters. The Kier molecular flexibility index (Phi) is 6.17. The Labute approximate surface area is 112 Å². The first-order valence-electron chi connectivity index (χ1n) is 6.16. The first-order valence-corrected chi connectivity index (χ1v) is 6.16. The van der Waals surface area contributed by atoms with E-state index in [0.717, 1.165) is 18.4 Å². The summed E-state index contributed by atoms with van der Waals surface area (Å²) >= 11 is 0. The first kappa shape index (κ1) is 14.8. The summed E-state index contributed by atoms with van der Waals surface area (Å²) in [5.41, 5.74) is 0.998. The molecule has 0 spiro atoms. The number of carboxylic acid groups (broad SMARTS) is 1. The molecule has 0 fully saturated rings. The molecule has 0 aromatic heterocycles. The summed E-state index contributed by atoms with van der Waals surface area (Å²) in [6, 6.07) is 6.53. The lowest BCUT2D eigenvalue weighted by atomic mass is 10.1. The van der Waals surface area contributed by atoms with Crippen LogP contribution in [-0.2, 0) is 11.3 Å². The second-order valence-electron chi connectivity index (χ2n) is 4.19. The minimum Gasteiger partial charge on any atom is -0.478 e. The minimum absolute atomic E-state index is 0.0438. The number of terminal acetylenes is 1. The van der Waals surface area contributed by atoms with Crippen LogP contribution in [-0.4, -0.2) is 17.0 Å². The van der Waals surface area contributed by atoms with Crippen LogP contribution < -0.4 is 5.32 Å². The number of aromatic carboxylic acids is 1. The summed E-state index contributed by atoms with van der Waals surface area (Å²) in [4.78, 5) is 22.3. The Morgan fingerprint density at radius 1 is 1.32 bits per heavy atom. The maximum Gasteiger partial charge on any atom is 0.335 e. The molecule has 4 heteroatoms. The van der Waals surface area contributed by atoms with Gasteiger partial charge in [-0.1, -0.05) is 12.1 Å². The van der Waals surface area contributed by atoms with Crippen LogP contribution in [0.4, 0.5) is 0 Å². The van der Waals surface area contributed by atoms with Gasteiger partial charge in [-0.3, -0.25) is 4.79 Å². The third-order valence-electron chi connectivity index (χ3n) is 2.64. The quantitative estimate of drug-likeness (QED) is 0.582. The molecule has 1 amide bonds. The Morgan fingerprint density at radius 3 is 2.79 bits per heavy atom. The van der Waals surface area contributed by atoms with Crippen molar-refractivity contribution in [1.82, 2.24) is 5.32 Å². The van der Waals surface area contributed by atoms with Crippen molar-refractivity contribution in [1.29, 1.82) is 0 Å². The highest BCUT2D eigenvalue weighted by molar-refractivity contribution is 5.87. The van der Waals surface area contributed by atoms with Crippen molar-refractivity contribution in [2.24, 2.45) is 0 Å². The van der Waals surface area contributed by atoms with E-state index >= 15 is 0 Å². The summed E-state index contributed by atoms with van der Waals surface area (Å²) in [6.07, 6.45) is 7.87. The van der Waals surface area contributed by atoms with Crippen molar-refractivity contribution < 1.29 is 14.7 Å². The second kappa shape index (κ2) is 7.93. The van der Waals surface area contributed by atoms with E-state index < -0.39 is 5.97 Å². The van der Waals surface area contributed by atoms with E-state index in [1.165, 1.54) is 6.07 Å². The van der Waals surface area contributed by atoms with Crippen molar-refractivity contribution >= 4 is 11.9 Å². The standard InChI is InChI=1S/C15H17NO3/c1-2-3-4-5-9-14(17)16-11-12-7-6-8-13(10-12)15(18)19/h1,6-8,10H,3-5,9,11H2,(H,16,17)(H,18,19). The van der Waals surface area contributed by atoms with E-state index in [2.05, 4.69) is 11.2 Å². The summed E-state index contributed by atoms with van der Waals surface area (Å²) in [7, 11) is 0. The van der Waals surface area contributed by atoms with Crippen molar-refractivity contribution in [3.63, 3.8) is 0 Å². The molecular weight excluding hydrogens is 242 g/mol. The third-order valence-corrected chi connectivity index (χ3v) is 2.64. The van der Waals surface area contributed by atoms with Gasteiger partial charge in [-0.15, -0.1) is 12.3 Å². The molecule has 1 aromatic carbocycles. The maximum atomic E-state index is 11.5. The Morgan fingerprint density at radius 2 is 2.11 bits per heavy atom. The van der Waals surface area contributed by atoms with Gasteiger partial charge in [0.1, 0.15) is 0 Å². The van der Waals surface area contributed by atoms with Gasteiger partial charge >= 0.3 is 5.97 Å². The molecule has 0 aliphatic carbocycles. The van der Waals surface area contributed by atoms with Gasteiger partial charge in [0.25, 0.3) is 0 Å². The molecule has 1 rings (SSSR count). The van der Waals surface area contributed by atoms with Crippen LogP contribution in [0.15, 0.2) is 24.3 Å². The van der Waals surface area contributed by atoms with Gasteiger partial charge in [-0.2, -0.15) is 0 Å². The lowest BCUT2D eigenvalue weighted by Gasteiger charge is -2.05. The SMILES string of the molecule is C#CCCCCC(=O)NCc1cccc(C(=O)O)c1. The molecular formula is C15H17NO3. The Hall–Kier alpha value is -2.28. The highest BCUT2D eigenvalue weighted by Gasteiger charge is 2.04. The van der Waals surface area contributed by atoms with Crippen LogP contribution in [0.2, 0.25) is 0 Å². The van der Waals surface area contributed by atoms with Crippen LogP contribution in [0.25, 0.3) is 0 Å². The average molecular weight is 259 g/mol. The maximum absolute atomic E-state index is 11.5. The average Bonchev–Trinajstić information content (AvgIpc) is 2.41. The van der Waals surface area contributed by atoms with E-state index in [9.17, 15) is 9.59 Å². The topological polar surface area (TPSA) is 66.4 Å². The number of hydrogen-bond acceptors (Lipinski definition) is 2. The fourth-order valence-corrected chi connectivity index (χ4v) is 1.62. The number of rotatable bonds is 7. The van der Waals surface area contributed by atoms with Crippen LogP contribution in [0, 0.1) is 12.3 Å². The molecule has 2 N–H and O–H groups in total.